The van der Waals surface area contributed by atoms with Crippen LogP contribution in [0.2, 0.25) is 0 Å². The van der Waals surface area contributed by atoms with Crippen molar-refractivity contribution in [2.24, 2.45) is 23.2 Å². The number of aromatic nitrogens is 1. The molecule has 4 aliphatic carbocycles. The molecule has 4 bridgehead atoms. The molecule has 226 valence electrons. The summed E-state index contributed by atoms with van der Waals surface area (Å²) in [7, 11) is 1.88. The van der Waals surface area contributed by atoms with Crippen LogP contribution in [-0.4, -0.2) is 52.8 Å². The second-order valence-corrected chi connectivity index (χ2v) is 13.8. The van der Waals surface area contributed by atoms with Crippen LogP contribution >= 0.6 is 0 Å². The molecule has 2 amide bonds. The first kappa shape index (κ1) is 28.8. The van der Waals surface area contributed by atoms with E-state index in [1.807, 2.05) is 72.6 Å². The minimum atomic E-state index is -0.106. The van der Waals surface area contributed by atoms with Crippen LogP contribution in [0.1, 0.15) is 83.3 Å². The molecule has 5 fully saturated rings. The van der Waals surface area contributed by atoms with Crippen molar-refractivity contribution in [1.29, 1.82) is 0 Å². The predicted molar refractivity (Wildman–Crippen MR) is 173 cm³/mol. The molecule has 0 radical (unpaired) electrons. The number of amides is 2. The van der Waals surface area contributed by atoms with Gasteiger partial charge in [-0.25, -0.2) is 0 Å². The first-order chi connectivity index (χ1) is 21.4. The van der Waals surface area contributed by atoms with Gasteiger partial charge in [0.2, 0.25) is 0 Å². The third kappa shape index (κ3) is 6.30. The van der Waals surface area contributed by atoms with E-state index in [1.165, 1.54) is 44.1 Å². The lowest BCUT2D eigenvalue weighted by Gasteiger charge is -2.54. The highest BCUT2D eigenvalue weighted by Crippen LogP contribution is 2.59. The van der Waals surface area contributed by atoms with E-state index in [1.54, 1.807) is 12.3 Å². The van der Waals surface area contributed by atoms with E-state index >= 15 is 0 Å². The molecular formula is C38H42N4O2. The maximum atomic E-state index is 13.0. The van der Waals surface area contributed by atoms with Crippen LogP contribution < -0.4 is 5.32 Å². The maximum Gasteiger partial charge on any atom is 0.272 e. The Kier molecular flexibility index (Phi) is 7.99. The first-order valence-electron chi connectivity index (χ1n) is 16.4. The molecular weight excluding hydrogens is 544 g/mol. The Balaban J connectivity index is 0.885. The predicted octanol–water partition coefficient (Wildman–Crippen LogP) is 6.64. The van der Waals surface area contributed by atoms with E-state index in [0.717, 1.165) is 61.5 Å². The third-order valence-corrected chi connectivity index (χ3v) is 10.6. The van der Waals surface area contributed by atoms with Gasteiger partial charge in [-0.3, -0.25) is 19.5 Å². The van der Waals surface area contributed by atoms with Crippen molar-refractivity contribution in [3.63, 3.8) is 0 Å². The van der Waals surface area contributed by atoms with Gasteiger partial charge in [-0.15, -0.1) is 0 Å². The van der Waals surface area contributed by atoms with E-state index < -0.39 is 0 Å². The molecule has 1 N–H and O–H groups in total. The van der Waals surface area contributed by atoms with Gasteiger partial charge < -0.3 is 10.2 Å². The Morgan fingerprint density at radius 1 is 0.909 bits per heavy atom. The highest BCUT2D eigenvalue weighted by molar-refractivity contribution is 6.04. The van der Waals surface area contributed by atoms with Gasteiger partial charge in [-0.05, 0) is 123 Å². The number of piperidine rings is 1. The summed E-state index contributed by atoms with van der Waals surface area (Å²) >= 11 is 0. The summed E-state index contributed by atoms with van der Waals surface area (Å²) in [4.78, 5) is 34.2. The Hall–Kier alpha value is -3.95. The zero-order valence-corrected chi connectivity index (χ0v) is 25.7. The smallest absolute Gasteiger partial charge is 0.272 e. The average Bonchev–Trinajstić information content (AvgIpc) is 3.04. The number of nitrogens with zero attached hydrogens (tertiary/aromatic N) is 3. The summed E-state index contributed by atoms with van der Waals surface area (Å²) in [6.07, 6.45) is 11.7. The summed E-state index contributed by atoms with van der Waals surface area (Å²) in [5.41, 5.74) is 4.39. The second-order valence-electron chi connectivity index (χ2n) is 13.8. The lowest BCUT2D eigenvalue weighted by molar-refractivity contribution is -0.0181. The first-order valence-corrected chi connectivity index (χ1v) is 16.4. The van der Waals surface area contributed by atoms with Gasteiger partial charge in [0.25, 0.3) is 11.8 Å². The topological polar surface area (TPSA) is 65.5 Å². The minimum absolute atomic E-state index is 0.0185. The molecule has 0 unspecified atom stereocenters. The number of carbonyl (C=O) groups excluding carboxylic acids is 2. The number of anilines is 1. The Morgan fingerprint density at radius 3 is 2.18 bits per heavy atom. The monoisotopic (exact) mass is 586 g/mol. The fraction of sp³-hybridized carbons (Fsp3) is 0.447. The van der Waals surface area contributed by atoms with E-state index in [-0.39, 0.29) is 23.3 Å². The number of nitrogens with one attached hydrogen (secondary N) is 1. The van der Waals surface area contributed by atoms with Gasteiger partial charge >= 0.3 is 0 Å². The Labute approximate surface area is 261 Å². The van der Waals surface area contributed by atoms with E-state index in [2.05, 4.69) is 27.0 Å². The number of hydrogen-bond donors (Lipinski definition) is 1. The van der Waals surface area contributed by atoms with Crippen LogP contribution in [0.15, 0.2) is 72.9 Å². The van der Waals surface area contributed by atoms with Crippen molar-refractivity contribution in [3.05, 3.63) is 95.3 Å². The summed E-state index contributed by atoms with van der Waals surface area (Å²) in [6, 6.07) is 21.5. The molecule has 44 heavy (non-hydrogen) atoms. The van der Waals surface area contributed by atoms with Crippen molar-refractivity contribution in [3.8, 4) is 11.8 Å². The summed E-state index contributed by atoms with van der Waals surface area (Å²) in [5, 5.41) is 3.04. The number of carbonyl (C=O) groups is 2. The van der Waals surface area contributed by atoms with Crippen LogP contribution in [0.5, 0.6) is 0 Å². The lowest BCUT2D eigenvalue weighted by Crippen LogP contribution is -2.45. The van der Waals surface area contributed by atoms with Gasteiger partial charge in [0, 0.05) is 61.1 Å². The van der Waals surface area contributed by atoms with Crippen molar-refractivity contribution >= 4 is 17.5 Å². The lowest BCUT2D eigenvalue weighted by atomic mass is 9.50. The summed E-state index contributed by atoms with van der Waals surface area (Å²) < 4.78 is 0. The quantitative estimate of drug-likeness (QED) is 0.329. The van der Waals surface area contributed by atoms with E-state index in [4.69, 9.17) is 0 Å². The van der Waals surface area contributed by atoms with Crippen LogP contribution in [-0.2, 0) is 6.54 Å². The fourth-order valence-electron chi connectivity index (χ4n) is 8.63. The average molecular weight is 587 g/mol. The van der Waals surface area contributed by atoms with Gasteiger partial charge in [0.1, 0.15) is 5.69 Å². The standard InChI is InChI=1S/C38H42N4O2/c1-41(37(44)35-4-2-3-17-39-35)34-14-18-42(19-15-34)26-28-5-9-32(10-6-28)36(43)40-33-11-7-27(8-12-33)13-16-38-23-29-20-30(24-38)22-31(21-29)25-38/h2-12,17,29-31,34H,14-15,18-26H2,1H3,(H,40,43). The molecule has 2 aromatic carbocycles. The van der Waals surface area contributed by atoms with Crippen LogP contribution in [0, 0.1) is 35.0 Å². The number of pyridine rings is 1. The SMILES string of the molecule is CN(C(=O)c1ccccn1)C1CCN(Cc2ccc(C(=O)Nc3ccc(C#CC45CC6CC(CC(C6)C4)C5)cc3)cc2)CC1. The van der Waals surface area contributed by atoms with E-state index in [0.29, 0.717) is 11.3 Å². The van der Waals surface area contributed by atoms with Gasteiger partial charge in [0.15, 0.2) is 0 Å². The molecule has 8 rings (SSSR count). The minimum Gasteiger partial charge on any atom is -0.337 e. The van der Waals surface area contributed by atoms with Crippen LogP contribution in [0.4, 0.5) is 5.69 Å². The molecule has 1 saturated heterocycles. The van der Waals surface area contributed by atoms with Gasteiger partial charge in [-0.1, -0.05) is 30.0 Å². The van der Waals surface area contributed by atoms with Crippen molar-refractivity contribution in [2.75, 3.05) is 25.5 Å². The number of benzene rings is 2. The number of hydrogen-bond acceptors (Lipinski definition) is 4. The third-order valence-electron chi connectivity index (χ3n) is 10.6. The van der Waals surface area contributed by atoms with E-state index in [9.17, 15) is 9.59 Å². The molecule has 2 heterocycles. The summed E-state index contributed by atoms with van der Waals surface area (Å²) in [6.45, 7) is 2.68. The molecule has 3 aromatic rings. The normalized spacial score (nSPS) is 26.1. The van der Waals surface area contributed by atoms with Crippen molar-refractivity contribution < 1.29 is 9.59 Å². The highest BCUT2D eigenvalue weighted by Gasteiger charge is 2.50. The van der Waals surface area contributed by atoms with Gasteiger partial charge in [-0.2, -0.15) is 0 Å². The molecule has 0 atom stereocenters. The van der Waals surface area contributed by atoms with Crippen LogP contribution in [0.25, 0.3) is 0 Å². The van der Waals surface area contributed by atoms with Crippen molar-refractivity contribution in [1.82, 2.24) is 14.8 Å². The fourth-order valence-corrected chi connectivity index (χ4v) is 8.63. The molecule has 1 aliphatic heterocycles. The molecule has 5 aliphatic rings. The zero-order valence-electron chi connectivity index (χ0n) is 25.7. The summed E-state index contributed by atoms with van der Waals surface area (Å²) in [5.74, 6) is 9.80. The molecule has 0 spiro atoms. The highest BCUT2D eigenvalue weighted by atomic mass is 16.2. The molecule has 6 heteroatoms. The van der Waals surface area contributed by atoms with Crippen LogP contribution in [0.3, 0.4) is 0 Å². The largest absolute Gasteiger partial charge is 0.337 e. The Bertz CT molecular complexity index is 1510. The second kappa shape index (κ2) is 12.2. The van der Waals surface area contributed by atoms with Gasteiger partial charge in [0.05, 0.1) is 0 Å². The number of likely N-dealkylation sites (tertiary alicyclic amines) is 1. The van der Waals surface area contributed by atoms with Crippen molar-refractivity contribution in [2.45, 2.75) is 64.0 Å². The number of rotatable bonds is 6. The zero-order chi connectivity index (χ0) is 30.1. The molecule has 4 saturated carbocycles. The molecule has 1 aromatic heterocycles. The molecule has 6 nitrogen and oxygen atoms in total. The maximum absolute atomic E-state index is 13.0. The Morgan fingerprint density at radius 2 is 1.57 bits per heavy atom.